The highest BCUT2D eigenvalue weighted by Crippen LogP contribution is 2.21. The summed E-state index contributed by atoms with van der Waals surface area (Å²) < 4.78 is 1.32. The smallest absolute Gasteiger partial charge is 0.329 e. The van der Waals surface area contributed by atoms with Gasteiger partial charge in [0.05, 0.1) is 6.10 Å². The van der Waals surface area contributed by atoms with Gasteiger partial charge in [-0.25, -0.2) is 4.79 Å². The van der Waals surface area contributed by atoms with Crippen LogP contribution < -0.4 is 0 Å². The molecule has 0 aromatic carbocycles. The maximum Gasteiger partial charge on any atom is 0.329 e. The summed E-state index contributed by atoms with van der Waals surface area (Å²) in [6.07, 6.45) is 3.39. The molecule has 0 saturated carbocycles. The minimum Gasteiger partial charge on any atom is -0.480 e. The van der Waals surface area contributed by atoms with Crippen molar-refractivity contribution < 1.29 is 15.0 Å². The highest BCUT2D eigenvalue weighted by atomic mass is 16.4. The summed E-state index contributed by atoms with van der Waals surface area (Å²) in [4.78, 5) is 15.1. The lowest BCUT2D eigenvalue weighted by Gasteiger charge is -2.18. The molecule has 2 aromatic heterocycles. The van der Waals surface area contributed by atoms with Crippen LogP contribution in [-0.4, -0.2) is 42.0 Å². The summed E-state index contributed by atoms with van der Waals surface area (Å²) in [7, 11) is 0. The summed E-state index contributed by atoms with van der Waals surface area (Å²) in [6, 6.07) is 2.33. The van der Waals surface area contributed by atoms with Gasteiger partial charge in [0.25, 0.3) is 0 Å². The van der Waals surface area contributed by atoms with E-state index >= 15 is 0 Å². The maximum atomic E-state index is 11.2. The predicted molar refractivity (Wildman–Crippen MR) is 61.6 cm³/mol. The molecule has 0 bridgehead atoms. The molecule has 2 rings (SSSR count). The standard InChI is InChI=1S/C11H12N4O3/c1-7(16)9(11(17)18)15-6-13-14-10(15)8-3-2-4-12-5-8/h2-7,9,16H,1H3,(H,17,18). The quantitative estimate of drug-likeness (QED) is 0.809. The van der Waals surface area contributed by atoms with Gasteiger partial charge in [-0.15, -0.1) is 10.2 Å². The number of carboxylic acid groups (broad SMARTS) is 1. The molecular weight excluding hydrogens is 236 g/mol. The van der Waals surface area contributed by atoms with Crippen molar-refractivity contribution in [3.05, 3.63) is 30.9 Å². The van der Waals surface area contributed by atoms with Crippen molar-refractivity contribution in [3.8, 4) is 11.4 Å². The Morgan fingerprint density at radius 3 is 2.83 bits per heavy atom. The number of carbonyl (C=O) groups is 1. The van der Waals surface area contributed by atoms with Gasteiger partial charge in [0.1, 0.15) is 6.33 Å². The zero-order valence-electron chi connectivity index (χ0n) is 9.63. The molecule has 0 spiro atoms. The summed E-state index contributed by atoms with van der Waals surface area (Å²) in [5.41, 5.74) is 0.641. The lowest BCUT2D eigenvalue weighted by molar-refractivity contribution is -0.144. The Hall–Kier alpha value is -2.28. The van der Waals surface area contributed by atoms with Crippen LogP contribution in [0, 0.1) is 0 Å². The Labute approximate surface area is 103 Å². The molecule has 0 aliphatic carbocycles. The topological polar surface area (TPSA) is 101 Å². The SMILES string of the molecule is CC(O)C(C(=O)O)n1cnnc1-c1cccnc1. The number of aromatic nitrogens is 4. The average Bonchev–Trinajstić information content (AvgIpc) is 2.78. The summed E-state index contributed by atoms with van der Waals surface area (Å²) in [5.74, 6) is -0.786. The zero-order chi connectivity index (χ0) is 13.1. The third kappa shape index (κ3) is 2.21. The minimum atomic E-state index is -1.14. The minimum absolute atomic E-state index is 0.358. The van der Waals surface area contributed by atoms with Crippen molar-refractivity contribution in [2.75, 3.05) is 0 Å². The van der Waals surface area contributed by atoms with Gasteiger partial charge >= 0.3 is 5.97 Å². The van der Waals surface area contributed by atoms with Crippen molar-refractivity contribution in [2.24, 2.45) is 0 Å². The normalized spacial score (nSPS) is 14.1. The molecule has 0 amide bonds. The van der Waals surface area contributed by atoms with Crippen molar-refractivity contribution in [1.29, 1.82) is 0 Å². The van der Waals surface area contributed by atoms with Gasteiger partial charge in [-0.05, 0) is 19.1 Å². The predicted octanol–water partition coefficient (Wildman–Crippen LogP) is 0.347. The first kappa shape index (κ1) is 12.2. The van der Waals surface area contributed by atoms with Crippen LogP contribution >= 0.6 is 0 Å². The van der Waals surface area contributed by atoms with E-state index in [4.69, 9.17) is 5.11 Å². The fourth-order valence-corrected chi connectivity index (χ4v) is 1.71. The number of rotatable bonds is 4. The van der Waals surface area contributed by atoms with Crippen LogP contribution in [0.2, 0.25) is 0 Å². The first-order chi connectivity index (χ1) is 8.61. The maximum absolute atomic E-state index is 11.2. The number of aliphatic hydroxyl groups excluding tert-OH is 1. The van der Waals surface area contributed by atoms with E-state index in [9.17, 15) is 9.90 Å². The van der Waals surface area contributed by atoms with Crippen molar-refractivity contribution in [1.82, 2.24) is 19.7 Å². The van der Waals surface area contributed by atoms with E-state index in [1.54, 1.807) is 24.5 Å². The molecule has 0 saturated heterocycles. The third-order valence-corrected chi connectivity index (χ3v) is 2.50. The molecule has 2 unspecified atom stereocenters. The number of carboxylic acids is 1. The van der Waals surface area contributed by atoms with Gasteiger partial charge in [0, 0.05) is 18.0 Å². The first-order valence-corrected chi connectivity index (χ1v) is 5.32. The van der Waals surface area contributed by atoms with Gasteiger partial charge < -0.3 is 10.2 Å². The zero-order valence-corrected chi connectivity index (χ0v) is 9.63. The van der Waals surface area contributed by atoms with E-state index < -0.39 is 18.1 Å². The molecular formula is C11H12N4O3. The van der Waals surface area contributed by atoms with Crippen LogP contribution in [0.3, 0.4) is 0 Å². The van der Waals surface area contributed by atoms with E-state index in [0.717, 1.165) is 0 Å². The number of aliphatic hydroxyl groups is 1. The molecule has 2 aromatic rings. The highest BCUT2D eigenvalue weighted by Gasteiger charge is 2.27. The van der Waals surface area contributed by atoms with Crippen LogP contribution in [-0.2, 0) is 4.79 Å². The molecule has 0 fully saturated rings. The Bertz CT molecular complexity index is 538. The Balaban J connectivity index is 2.47. The number of aliphatic carboxylic acids is 1. The van der Waals surface area contributed by atoms with Crippen LogP contribution in [0.4, 0.5) is 0 Å². The van der Waals surface area contributed by atoms with E-state index in [1.807, 2.05) is 0 Å². The number of hydrogen-bond acceptors (Lipinski definition) is 5. The molecule has 0 aliphatic rings. The van der Waals surface area contributed by atoms with Crippen molar-refractivity contribution in [2.45, 2.75) is 19.1 Å². The average molecular weight is 248 g/mol. The molecule has 18 heavy (non-hydrogen) atoms. The van der Waals surface area contributed by atoms with Crippen LogP contribution in [0.1, 0.15) is 13.0 Å². The van der Waals surface area contributed by atoms with Crippen LogP contribution in [0.15, 0.2) is 30.9 Å². The van der Waals surface area contributed by atoms with E-state index in [1.165, 1.54) is 17.8 Å². The third-order valence-electron chi connectivity index (χ3n) is 2.50. The molecule has 7 nitrogen and oxygen atoms in total. The van der Waals surface area contributed by atoms with Gasteiger partial charge in [-0.1, -0.05) is 0 Å². The Morgan fingerprint density at radius 2 is 2.28 bits per heavy atom. The molecule has 0 radical (unpaired) electrons. The summed E-state index contributed by atoms with van der Waals surface area (Å²) in [5, 5.41) is 26.3. The number of nitrogens with zero attached hydrogens (tertiary/aromatic N) is 4. The number of pyridine rings is 1. The summed E-state index contributed by atoms with van der Waals surface area (Å²) >= 11 is 0. The first-order valence-electron chi connectivity index (χ1n) is 5.32. The molecule has 2 N–H and O–H groups in total. The van der Waals surface area contributed by atoms with Gasteiger partial charge in [-0.3, -0.25) is 9.55 Å². The monoisotopic (exact) mass is 248 g/mol. The largest absolute Gasteiger partial charge is 0.480 e. The van der Waals surface area contributed by atoms with E-state index in [0.29, 0.717) is 11.4 Å². The molecule has 0 aliphatic heterocycles. The van der Waals surface area contributed by atoms with Gasteiger partial charge in [-0.2, -0.15) is 0 Å². The van der Waals surface area contributed by atoms with Crippen molar-refractivity contribution >= 4 is 5.97 Å². The molecule has 7 heteroatoms. The summed E-state index contributed by atoms with van der Waals surface area (Å²) in [6.45, 7) is 1.41. The second-order valence-corrected chi connectivity index (χ2v) is 3.83. The lowest BCUT2D eigenvalue weighted by atomic mass is 10.1. The molecule has 2 atom stereocenters. The van der Waals surface area contributed by atoms with Crippen molar-refractivity contribution in [3.63, 3.8) is 0 Å². The molecule has 94 valence electrons. The highest BCUT2D eigenvalue weighted by molar-refractivity contribution is 5.73. The second kappa shape index (κ2) is 4.92. The Morgan fingerprint density at radius 1 is 1.50 bits per heavy atom. The second-order valence-electron chi connectivity index (χ2n) is 3.83. The number of hydrogen-bond donors (Lipinski definition) is 2. The van der Waals surface area contributed by atoms with Gasteiger partial charge in [0.2, 0.25) is 0 Å². The van der Waals surface area contributed by atoms with E-state index in [-0.39, 0.29) is 0 Å². The fourth-order valence-electron chi connectivity index (χ4n) is 1.71. The Kier molecular flexibility index (Phi) is 3.33. The van der Waals surface area contributed by atoms with Crippen LogP contribution in [0.25, 0.3) is 11.4 Å². The fraction of sp³-hybridized carbons (Fsp3) is 0.273. The lowest BCUT2D eigenvalue weighted by Crippen LogP contribution is -2.29. The molecule has 2 heterocycles. The van der Waals surface area contributed by atoms with Gasteiger partial charge in [0.15, 0.2) is 11.9 Å². The van der Waals surface area contributed by atoms with Crippen LogP contribution in [0.5, 0.6) is 0 Å². The van der Waals surface area contributed by atoms with E-state index in [2.05, 4.69) is 15.2 Å².